The summed E-state index contributed by atoms with van der Waals surface area (Å²) in [6.45, 7) is 7.86. The van der Waals surface area contributed by atoms with E-state index >= 15 is 0 Å². The van der Waals surface area contributed by atoms with Crippen LogP contribution in [-0.4, -0.2) is 53.5 Å². The molecule has 0 aromatic heterocycles. The largest absolute Gasteiger partial charge is 0.445 e. The number of benzene rings is 1. The Morgan fingerprint density at radius 1 is 1.31 bits per heavy atom. The van der Waals surface area contributed by atoms with Gasteiger partial charge in [-0.25, -0.2) is 4.79 Å². The highest BCUT2D eigenvalue weighted by Gasteiger charge is 2.33. The van der Waals surface area contributed by atoms with Crippen LogP contribution in [0.2, 0.25) is 0 Å². The zero-order valence-corrected chi connectivity index (χ0v) is 16.1. The Hall–Kier alpha value is -2.08. The van der Waals surface area contributed by atoms with Gasteiger partial charge in [-0.05, 0) is 31.2 Å². The van der Waals surface area contributed by atoms with Crippen molar-refractivity contribution >= 4 is 12.0 Å². The Morgan fingerprint density at radius 2 is 2.00 bits per heavy atom. The van der Waals surface area contributed by atoms with E-state index in [-0.39, 0.29) is 30.6 Å². The molecule has 1 fully saturated rings. The number of amides is 2. The highest BCUT2D eigenvalue weighted by molar-refractivity contribution is 5.82. The van der Waals surface area contributed by atoms with Gasteiger partial charge < -0.3 is 20.3 Å². The molecule has 2 N–H and O–H groups in total. The maximum Gasteiger partial charge on any atom is 0.410 e. The Kier molecular flexibility index (Phi) is 7.45. The highest BCUT2D eigenvalue weighted by Crippen LogP contribution is 2.19. The fourth-order valence-corrected chi connectivity index (χ4v) is 3.26. The molecule has 2 rings (SSSR count). The van der Waals surface area contributed by atoms with Crippen LogP contribution in [-0.2, 0) is 16.1 Å². The molecule has 1 aromatic rings. The van der Waals surface area contributed by atoms with E-state index in [4.69, 9.17) is 10.5 Å². The number of carbonyl (C=O) groups excluding carboxylic acids is 2. The summed E-state index contributed by atoms with van der Waals surface area (Å²) in [5.74, 6) is 0.0547. The summed E-state index contributed by atoms with van der Waals surface area (Å²) in [7, 11) is 0. The molecule has 26 heavy (non-hydrogen) atoms. The quantitative estimate of drug-likeness (QED) is 0.845. The molecular weight excluding hydrogens is 330 g/mol. The zero-order chi connectivity index (χ0) is 19.1. The van der Waals surface area contributed by atoms with Crippen molar-refractivity contribution in [3.63, 3.8) is 0 Å². The van der Waals surface area contributed by atoms with Crippen LogP contribution in [0.5, 0.6) is 0 Å². The maximum absolute atomic E-state index is 12.7. The molecular formula is C20H31N3O3. The van der Waals surface area contributed by atoms with E-state index in [1.54, 1.807) is 4.90 Å². The first kappa shape index (κ1) is 20.2. The van der Waals surface area contributed by atoms with Crippen LogP contribution in [0.25, 0.3) is 0 Å². The van der Waals surface area contributed by atoms with Crippen LogP contribution < -0.4 is 5.73 Å². The van der Waals surface area contributed by atoms with Gasteiger partial charge in [-0.1, -0.05) is 44.2 Å². The van der Waals surface area contributed by atoms with Gasteiger partial charge in [0, 0.05) is 25.7 Å². The molecule has 6 nitrogen and oxygen atoms in total. The molecule has 0 bridgehead atoms. The fourth-order valence-electron chi connectivity index (χ4n) is 3.26. The van der Waals surface area contributed by atoms with Gasteiger partial charge in [0.25, 0.3) is 0 Å². The SMILES string of the molecule is CCN(C(=O)[C@@H](N)C(C)C)[C@@H]1CCCN(C(=O)OCc2ccccc2)C1. The van der Waals surface area contributed by atoms with Crippen molar-refractivity contribution in [3.05, 3.63) is 35.9 Å². The zero-order valence-electron chi connectivity index (χ0n) is 16.1. The maximum atomic E-state index is 12.7. The van der Waals surface area contributed by atoms with Crippen LogP contribution in [0, 0.1) is 5.92 Å². The van der Waals surface area contributed by atoms with Crippen molar-refractivity contribution in [2.45, 2.75) is 52.3 Å². The minimum absolute atomic E-state index is 0.00433. The lowest BCUT2D eigenvalue weighted by atomic mass is 10.00. The number of rotatable bonds is 6. The van der Waals surface area contributed by atoms with E-state index in [0.717, 1.165) is 18.4 Å². The molecule has 1 aliphatic heterocycles. The third-order valence-corrected chi connectivity index (χ3v) is 4.93. The van der Waals surface area contributed by atoms with E-state index in [9.17, 15) is 9.59 Å². The lowest BCUT2D eigenvalue weighted by Crippen LogP contribution is -2.56. The Bertz CT molecular complexity index is 591. The lowest BCUT2D eigenvalue weighted by Gasteiger charge is -2.39. The van der Waals surface area contributed by atoms with Crippen LogP contribution in [0.1, 0.15) is 39.2 Å². The average Bonchev–Trinajstić information content (AvgIpc) is 2.67. The van der Waals surface area contributed by atoms with Gasteiger partial charge in [-0.3, -0.25) is 4.79 Å². The first-order valence-corrected chi connectivity index (χ1v) is 9.45. The monoisotopic (exact) mass is 361 g/mol. The summed E-state index contributed by atoms with van der Waals surface area (Å²) in [5, 5.41) is 0. The molecule has 2 amide bonds. The second-order valence-electron chi connectivity index (χ2n) is 7.18. The van der Waals surface area contributed by atoms with Crippen LogP contribution in [0.3, 0.4) is 0 Å². The molecule has 0 unspecified atom stereocenters. The van der Waals surface area contributed by atoms with E-state index in [1.807, 2.05) is 56.0 Å². The first-order valence-electron chi connectivity index (χ1n) is 9.45. The predicted molar refractivity (Wildman–Crippen MR) is 101 cm³/mol. The molecule has 0 spiro atoms. The predicted octanol–water partition coefficient (Wildman–Crippen LogP) is 2.62. The van der Waals surface area contributed by atoms with Gasteiger partial charge >= 0.3 is 6.09 Å². The number of carbonyl (C=O) groups is 2. The molecule has 1 aliphatic rings. The van der Waals surface area contributed by atoms with Crippen molar-refractivity contribution in [2.24, 2.45) is 11.7 Å². The topological polar surface area (TPSA) is 75.9 Å². The third kappa shape index (κ3) is 5.21. The summed E-state index contributed by atoms with van der Waals surface area (Å²) in [4.78, 5) is 28.6. The summed E-state index contributed by atoms with van der Waals surface area (Å²) in [6.07, 6.45) is 1.41. The summed E-state index contributed by atoms with van der Waals surface area (Å²) in [5.41, 5.74) is 7.01. The second kappa shape index (κ2) is 9.57. The summed E-state index contributed by atoms with van der Waals surface area (Å²) in [6, 6.07) is 9.11. The van der Waals surface area contributed by atoms with Crippen LogP contribution >= 0.6 is 0 Å². The molecule has 6 heteroatoms. The number of likely N-dealkylation sites (tertiary alicyclic amines) is 1. The average molecular weight is 361 g/mol. The second-order valence-corrected chi connectivity index (χ2v) is 7.18. The number of piperidine rings is 1. The first-order chi connectivity index (χ1) is 12.4. The highest BCUT2D eigenvalue weighted by atomic mass is 16.6. The molecule has 0 aliphatic carbocycles. The van der Waals surface area contributed by atoms with Gasteiger partial charge in [-0.15, -0.1) is 0 Å². The molecule has 144 valence electrons. The summed E-state index contributed by atoms with van der Waals surface area (Å²) >= 11 is 0. The minimum Gasteiger partial charge on any atom is -0.445 e. The Labute approximate surface area is 156 Å². The van der Waals surface area contributed by atoms with E-state index in [0.29, 0.717) is 19.6 Å². The summed E-state index contributed by atoms with van der Waals surface area (Å²) < 4.78 is 5.43. The molecule has 0 saturated carbocycles. The van der Waals surface area contributed by atoms with Crippen molar-refractivity contribution < 1.29 is 14.3 Å². The Morgan fingerprint density at radius 3 is 2.62 bits per heavy atom. The van der Waals surface area contributed by atoms with Gasteiger partial charge in [0.15, 0.2) is 0 Å². The van der Waals surface area contributed by atoms with Crippen molar-refractivity contribution in [3.8, 4) is 0 Å². The number of nitrogens with two attached hydrogens (primary N) is 1. The van der Waals surface area contributed by atoms with Crippen molar-refractivity contribution in [1.82, 2.24) is 9.80 Å². The number of ether oxygens (including phenoxy) is 1. The smallest absolute Gasteiger partial charge is 0.410 e. The van der Waals surface area contributed by atoms with Gasteiger partial charge in [-0.2, -0.15) is 0 Å². The fraction of sp³-hybridized carbons (Fsp3) is 0.600. The van der Waals surface area contributed by atoms with Gasteiger partial charge in [0.1, 0.15) is 6.61 Å². The van der Waals surface area contributed by atoms with E-state index in [1.165, 1.54) is 0 Å². The van der Waals surface area contributed by atoms with E-state index in [2.05, 4.69) is 0 Å². The van der Waals surface area contributed by atoms with Crippen molar-refractivity contribution in [2.75, 3.05) is 19.6 Å². The number of nitrogens with zero attached hydrogens (tertiary/aromatic N) is 2. The molecule has 2 atom stereocenters. The standard InChI is InChI=1S/C20H31N3O3/c1-4-23(19(24)18(21)15(2)3)17-11-8-12-22(13-17)20(25)26-14-16-9-6-5-7-10-16/h5-7,9-10,15,17-18H,4,8,11-14,21H2,1-3H3/t17-,18+/m1/s1. The number of hydrogen-bond acceptors (Lipinski definition) is 4. The lowest BCUT2D eigenvalue weighted by molar-refractivity contribution is -0.136. The van der Waals surface area contributed by atoms with Gasteiger partial charge in [0.2, 0.25) is 5.91 Å². The molecule has 1 saturated heterocycles. The normalized spacial score (nSPS) is 18.5. The molecule has 1 aromatic carbocycles. The van der Waals surface area contributed by atoms with Crippen LogP contribution in [0.4, 0.5) is 4.79 Å². The molecule has 0 radical (unpaired) electrons. The van der Waals surface area contributed by atoms with Crippen molar-refractivity contribution in [1.29, 1.82) is 0 Å². The Balaban J connectivity index is 1.94. The minimum atomic E-state index is -0.504. The van der Waals surface area contributed by atoms with Crippen LogP contribution in [0.15, 0.2) is 30.3 Å². The number of hydrogen-bond donors (Lipinski definition) is 1. The third-order valence-electron chi connectivity index (χ3n) is 4.93. The molecule has 1 heterocycles. The number of likely N-dealkylation sites (N-methyl/N-ethyl adjacent to an activating group) is 1. The van der Waals surface area contributed by atoms with E-state index < -0.39 is 6.04 Å². The van der Waals surface area contributed by atoms with Gasteiger partial charge in [0.05, 0.1) is 6.04 Å².